The summed E-state index contributed by atoms with van der Waals surface area (Å²) >= 11 is 0. The van der Waals surface area contributed by atoms with Gasteiger partial charge in [0.25, 0.3) is 0 Å². The Balaban J connectivity index is 1.92. The van der Waals surface area contributed by atoms with Gasteiger partial charge in [0.1, 0.15) is 6.10 Å². The molecule has 4 heteroatoms. The minimum absolute atomic E-state index is 0.313. The average Bonchev–Trinajstić information content (AvgIpc) is 2.40. The van der Waals surface area contributed by atoms with Gasteiger partial charge in [-0.1, -0.05) is 18.2 Å². The highest BCUT2D eigenvalue weighted by atomic mass is 16.7. The summed E-state index contributed by atoms with van der Waals surface area (Å²) in [5.41, 5.74) is 0.537. The lowest BCUT2D eigenvalue weighted by Gasteiger charge is -2.22. The van der Waals surface area contributed by atoms with Crippen LogP contribution in [0.25, 0.3) is 0 Å². The molecule has 1 aromatic carbocycles. The number of carbonyl (C=O) groups is 1. The van der Waals surface area contributed by atoms with Crippen LogP contribution in [-0.4, -0.2) is 32.1 Å². The molecule has 1 heterocycles. The second-order valence-corrected chi connectivity index (χ2v) is 3.63. The van der Waals surface area contributed by atoms with Crippen LogP contribution in [0.1, 0.15) is 10.4 Å². The Hall–Kier alpha value is -1.65. The fraction of sp³-hybridized carbons (Fsp3) is 0.308. The van der Waals surface area contributed by atoms with Crippen molar-refractivity contribution in [3.8, 4) is 0 Å². The molecule has 0 amide bonds. The summed E-state index contributed by atoms with van der Waals surface area (Å²) in [6.07, 6.45) is 2.81. The van der Waals surface area contributed by atoms with Crippen LogP contribution in [0.2, 0.25) is 0 Å². The molecule has 0 bridgehead atoms. The average molecular weight is 234 g/mol. The van der Waals surface area contributed by atoms with E-state index in [1.807, 2.05) is 6.07 Å². The van der Waals surface area contributed by atoms with E-state index in [9.17, 15) is 4.79 Å². The summed E-state index contributed by atoms with van der Waals surface area (Å²) in [4.78, 5) is 11.7. The number of benzene rings is 1. The van der Waals surface area contributed by atoms with Crippen molar-refractivity contribution in [1.82, 2.24) is 0 Å². The maximum Gasteiger partial charge on any atom is 0.338 e. The highest BCUT2D eigenvalue weighted by molar-refractivity contribution is 5.89. The molecule has 2 atom stereocenters. The summed E-state index contributed by atoms with van der Waals surface area (Å²) < 4.78 is 15.5. The molecular formula is C13H14O4. The highest BCUT2D eigenvalue weighted by Crippen LogP contribution is 2.11. The van der Waals surface area contributed by atoms with Crippen LogP contribution in [0, 0.1) is 0 Å². The molecule has 2 rings (SSSR count). The lowest BCUT2D eigenvalue weighted by atomic mass is 10.2. The third kappa shape index (κ3) is 3.15. The molecule has 0 unspecified atom stereocenters. The van der Waals surface area contributed by atoms with Crippen molar-refractivity contribution < 1.29 is 19.0 Å². The maximum absolute atomic E-state index is 11.7. The molecule has 0 saturated carbocycles. The summed E-state index contributed by atoms with van der Waals surface area (Å²) in [7, 11) is 1.56. The van der Waals surface area contributed by atoms with E-state index in [1.165, 1.54) is 0 Å². The summed E-state index contributed by atoms with van der Waals surface area (Å²) in [5.74, 6) is -0.347. The van der Waals surface area contributed by atoms with E-state index in [4.69, 9.17) is 14.2 Å². The molecule has 0 radical (unpaired) electrons. The van der Waals surface area contributed by atoms with Crippen molar-refractivity contribution in [1.29, 1.82) is 0 Å². The first-order valence-electron chi connectivity index (χ1n) is 5.38. The predicted molar refractivity (Wildman–Crippen MR) is 61.5 cm³/mol. The van der Waals surface area contributed by atoms with Gasteiger partial charge in [0.15, 0.2) is 6.29 Å². The molecule has 0 N–H and O–H groups in total. The Kier molecular flexibility index (Phi) is 3.90. The smallest absolute Gasteiger partial charge is 0.338 e. The molecule has 17 heavy (non-hydrogen) atoms. The number of rotatable bonds is 3. The first kappa shape index (κ1) is 11.8. The molecule has 4 nitrogen and oxygen atoms in total. The third-order valence-electron chi connectivity index (χ3n) is 2.41. The molecule has 0 aromatic heterocycles. The zero-order valence-corrected chi connectivity index (χ0v) is 9.54. The molecule has 0 fully saturated rings. The van der Waals surface area contributed by atoms with Crippen LogP contribution >= 0.6 is 0 Å². The van der Waals surface area contributed by atoms with Crippen LogP contribution in [0.15, 0.2) is 42.5 Å². The normalized spacial score (nSPS) is 23.4. The Morgan fingerprint density at radius 3 is 2.65 bits per heavy atom. The van der Waals surface area contributed by atoms with Gasteiger partial charge in [0, 0.05) is 7.11 Å². The van der Waals surface area contributed by atoms with E-state index in [2.05, 4.69) is 0 Å². The monoisotopic (exact) mass is 234 g/mol. The van der Waals surface area contributed by atoms with Gasteiger partial charge in [-0.05, 0) is 24.3 Å². The van der Waals surface area contributed by atoms with Gasteiger partial charge >= 0.3 is 5.97 Å². The van der Waals surface area contributed by atoms with Crippen LogP contribution in [0.5, 0.6) is 0 Å². The van der Waals surface area contributed by atoms with Gasteiger partial charge in [-0.25, -0.2) is 4.79 Å². The number of ether oxygens (including phenoxy) is 3. The number of carbonyl (C=O) groups excluding carboxylic acids is 1. The van der Waals surface area contributed by atoms with Gasteiger partial charge in [-0.3, -0.25) is 0 Å². The second-order valence-electron chi connectivity index (χ2n) is 3.63. The summed E-state index contributed by atoms with van der Waals surface area (Å²) in [6.45, 7) is 0.313. The quantitative estimate of drug-likeness (QED) is 0.590. The van der Waals surface area contributed by atoms with Crippen LogP contribution in [0.4, 0.5) is 0 Å². The molecule has 1 aliphatic rings. The van der Waals surface area contributed by atoms with Crippen LogP contribution in [-0.2, 0) is 14.2 Å². The minimum atomic E-state index is -0.353. The van der Waals surface area contributed by atoms with Crippen molar-refractivity contribution >= 4 is 5.97 Å². The molecule has 1 aromatic rings. The van der Waals surface area contributed by atoms with E-state index in [0.717, 1.165) is 0 Å². The number of esters is 1. The zero-order chi connectivity index (χ0) is 12.1. The first-order valence-corrected chi connectivity index (χ1v) is 5.38. The van der Waals surface area contributed by atoms with Gasteiger partial charge in [0.05, 0.1) is 12.2 Å². The van der Waals surface area contributed by atoms with Crippen molar-refractivity contribution in [3.05, 3.63) is 48.0 Å². The first-order chi connectivity index (χ1) is 8.29. The lowest BCUT2D eigenvalue weighted by molar-refractivity contribution is -0.117. The number of methoxy groups -OCH3 is 1. The molecule has 90 valence electrons. The predicted octanol–water partition coefficient (Wildman–Crippen LogP) is 1.77. The molecular weight excluding hydrogens is 220 g/mol. The molecule has 1 aliphatic heterocycles. The zero-order valence-electron chi connectivity index (χ0n) is 9.54. The molecule has 0 spiro atoms. The van der Waals surface area contributed by atoms with Crippen molar-refractivity contribution in [3.63, 3.8) is 0 Å². The third-order valence-corrected chi connectivity index (χ3v) is 2.41. The Morgan fingerprint density at radius 2 is 2.06 bits per heavy atom. The van der Waals surface area contributed by atoms with Gasteiger partial charge in [-0.2, -0.15) is 0 Å². The SMILES string of the molecule is CO[C@@H]1C=C[C@@H](OC(=O)c2ccccc2)CO1. The van der Waals surface area contributed by atoms with E-state index in [-0.39, 0.29) is 18.4 Å². The van der Waals surface area contributed by atoms with Crippen molar-refractivity contribution in [2.75, 3.05) is 13.7 Å². The number of hydrogen-bond donors (Lipinski definition) is 0. The van der Waals surface area contributed by atoms with Gasteiger partial charge in [0.2, 0.25) is 0 Å². The van der Waals surface area contributed by atoms with E-state index < -0.39 is 0 Å². The van der Waals surface area contributed by atoms with Crippen LogP contribution < -0.4 is 0 Å². The lowest BCUT2D eigenvalue weighted by Crippen LogP contribution is -2.29. The van der Waals surface area contributed by atoms with Crippen molar-refractivity contribution in [2.45, 2.75) is 12.4 Å². The van der Waals surface area contributed by atoms with Gasteiger partial charge < -0.3 is 14.2 Å². The fourth-order valence-electron chi connectivity index (χ4n) is 1.52. The largest absolute Gasteiger partial charge is 0.452 e. The standard InChI is InChI=1S/C13H14O4/c1-15-12-8-7-11(9-16-12)17-13(14)10-5-3-2-4-6-10/h2-8,11-12H,9H2,1H3/t11-,12+/m1/s1. The van der Waals surface area contributed by atoms with Crippen LogP contribution in [0.3, 0.4) is 0 Å². The van der Waals surface area contributed by atoms with Crippen molar-refractivity contribution in [2.24, 2.45) is 0 Å². The highest BCUT2D eigenvalue weighted by Gasteiger charge is 2.19. The minimum Gasteiger partial charge on any atom is -0.452 e. The molecule has 0 saturated heterocycles. The Labute approximate surface area is 99.8 Å². The summed E-state index contributed by atoms with van der Waals surface area (Å²) in [5, 5.41) is 0. The second kappa shape index (κ2) is 5.61. The van der Waals surface area contributed by atoms with E-state index in [0.29, 0.717) is 12.2 Å². The Bertz CT molecular complexity index is 399. The maximum atomic E-state index is 11.7. The topological polar surface area (TPSA) is 44.8 Å². The Morgan fingerprint density at radius 1 is 1.29 bits per heavy atom. The van der Waals surface area contributed by atoms with E-state index in [1.54, 1.807) is 43.5 Å². The number of hydrogen-bond acceptors (Lipinski definition) is 4. The summed E-state index contributed by atoms with van der Waals surface area (Å²) in [6, 6.07) is 8.88. The fourth-order valence-corrected chi connectivity index (χ4v) is 1.52. The van der Waals surface area contributed by atoms with E-state index >= 15 is 0 Å². The van der Waals surface area contributed by atoms with Gasteiger partial charge in [-0.15, -0.1) is 0 Å². The molecule has 0 aliphatic carbocycles.